The van der Waals surface area contributed by atoms with Crippen LogP contribution in [0, 0.1) is 0 Å². The van der Waals surface area contributed by atoms with Gasteiger partial charge in [-0.05, 0) is 42.0 Å². The van der Waals surface area contributed by atoms with Crippen molar-refractivity contribution in [2.75, 3.05) is 12.4 Å². The molecule has 1 amide bonds. The molecule has 0 aliphatic heterocycles. The SMILES string of the molecule is COc1ccc(NC(=S)N[C@@H](NC(=O)OCc2ccccc2)C(Cl)(Cl)Cl)cc1. The van der Waals surface area contributed by atoms with E-state index in [2.05, 4.69) is 16.0 Å². The molecule has 0 saturated carbocycles. The first-order chi connectivity index (χ1) is 13.3. The number of methoxy groups -OCH3 is 1. The second-order valence-corrected chi connectivity index (χ2v) is 8.28. The number of thiocarbonyl (C=S) groups is 1. The Balaban J connectivity index is 1.91. The summed E-state index contributed by atoms with van der Waals surface area (Å²) in [7, 11) is 1.57. The number of hydrogen-bond acceptors (Lipinski definition) is 4. The molecule has 1 atom stereocenters. The van der Waals surface area contributed by atoms with E-state index in [1.54, 1.807) is 31.4 Å². The van der Waals surface area contributed by atoms with Gasteiger partial charge < -0.3 is 20.1 Å². The molecule has 2 rings (SSSR count). The lowest BCUT2D eigenvalue weighted by molar-refractivity contribution is 0.135. The molecule has 0 aliphatic carbocycles. The van der Waals surface area contributed by atoms with E-state index in [1.807, 2.05) is 30.3 Å². The number of carbonyl (C=O) groups is 1. The van der Waals surface area contributed by atoms with Crippen LogP contribution in [0.2, 0.25) is 0 Å². The highest BCUT2D eigenvalue weighted by Crippen LogP contribution is 2.29. The van der Waals surface area contributed by atoms with Crippen molar-refractivity contribution in [2.24, 2.45) is 0 Å². The number of carbonyl (C=O) groups excluding carboxylic acids is 1. The van der Waals surface area contributed by atoms with Gasteiger partial charge >= 0.3 is 6.09 Å². The van der Waals surface area contributed by atoms with E-state index in [1.165, 1.54) is 0 Å². The van der Waals surface area contributed by atoms with Crippen LogP contribution in [0.4, 0.5) is 10.5 Å². The van der Waals surface area contributed by atoms with Crippen LogP contribution in [0.5, 0.6) is 5.75 Å². The van der Waals surface area contributed by atoms with Gasteiger partial charge in [0.05, 0.1) is 7.11 Å². The van der Waals surface area contributed by atoms with Gasteiger partial charge in [0.25, 0.3) is 0 Å². The number of ether oxygens (including phenoxy) is 2. The van der Waals surface area contributed by atoms with Gasteiger partial charge in [-0.1, -0.05) is 65.1 Å². The fraction of sp³-hybridized carbons (Fsp3) is 0.222. The number of halogens is 3. The topological polar surface area (TPSA) is 71.6 Å². The molecule has 0 aliphatic rings. The Labute approximate surface area is 183 Å². The first kappa shape index (κ1) is 22.4. The van der Waals surface area contributed by atoms with Gasteiger partial charge in [-0.2, -0.15) is 0 Å². The Morgan fingerprint density at radius 1 is 1.07 bits per heavy atom. The number of nitrogens with one attached hydrogen (secondary N) is 3. The van der Waals surface area contributed by atoms with Gasteiger partial charge in [0.2, 0.25) is 3.79 Å². The molecule has 0 unspecified atom stereocenters. The fourth-order valence-electron chi connectivity index (χ4n) is 2.06. The molecule has 0 saturated heterocycles. The highest BCUT2D eigenvalue weighted by atomic mass is 35.6. The molecule has 3 N–H and O–H groups in total. The summed E-state index contributed by atoms with van der Waals surface area (Å²) in [6.07, 6.45) is -1.89. The lowest BCUT2D eigenvalue weighted by Crippen LogP contribution is -2.56. The normalized spacial score (nSPS) is 11.9. The largest absolute Gasteiger partial charge is 0.497 e. The average molecular weight is 463 g/mol. The molecule has 28 heavy (non-hydrogen) atoms. The molecule has 150 valence electrons. The minimum absolute atomic E-state index is 0.0772. The molecule has 6 nitrogen and oxygen atoms in total. The summed E-state index contributed by atoms with van der Waals surface area (Å²) in [5.74, 6) is 0.700. The zero-order valence-electron chi connectivity index (χ0n) is 14.7. The first-order valence-corrected chi connectivity index (χ1v) is 9.57. The summed E-state index contributed by atoms with van der Waals surface area (Å²) in [5, 5.41) is 8.26. The van der Waals surface area contributed by atoms with Crippen molar-refractivity contribution in [3.63, 3.8) is 0 Å². The second-order valence-electron chi connectivity index (χ2n) is 5.51. The lowest BCUT2D eigenvalue weighted by atomic mass is 10.2. The van der Waals surface area contributed by atoms with E-state index in [0.29, 0.717) is 11.4 Å². The Morgan fingerprint density at radius 3 is 2.29 bits per heavy atom. The summed E-state index contributed by atoms with van der Waals surface area (Å²) in [4.78, 5) is 12.1. The van der Waals surface area contributed by atoms with Crippen LogP contribution in [0.1, 0.15) is 5.56 Å². The van der Waals surface area contributed by atoms with Gasteiger partial charge in [-0.15, -0.1) is 0 Å². The maximum absolute atomic E-state index is 12.1. The molecule has 0 heterocycles. The summed E-state index contributed by atoms with van der Waals surface area (Å²) in [6, 6.07) is 16.2. The van der Waals surface area contributed by atoms with E-state index in [9.17, 15) is 4.79 Å². The Bertz CT molecular complexity index is 786. The Morgan fingerprint density at radius 2 is 1.71 bits per heavy atom. The number of amides is 1. The maximum atomic E-state index is 12.1. The minimum atomic E-state index is -1.88. The predicted molar refractivity (Wildman–Crippen MR) is 116 cm³/mol. The third-order valence-corrected chi connectivity index (χ3v) is 4.30. The minimum Gasteiger partial charge on any atom is -0.497 e. The number of hydrogen-bond donors (Lipinski definition) is 3. The molecule has 0 fully saturated rings. The fourth-order valence-corrected chi connectivity index (χ4v) is 2.62. The van der Waals surface area contributed by atoms with Crippen LogP contribution in [0.3, 0.4) is 0 Å². The van der Waals surface area contributed by atoms with Gasteiger partial charge in [-0.3, -0.25) is 5.32 Å². The Hall–Kier alpha value is -1.93. The highest BCUT2D eigenvalue weighted by molar-refractivity contribution is 7.80. The molecule has 0 bridgehead atoms. The van der Waals surface area contributed by atoms with Crippen LogP contribution in [0.15, 0.2) is 54.6 Å². The number of benzene rings is 2. The smallest absolute Gasteiger partial charge is 0.409 e. The molecule has 2 aromatic rings. The molecule has 0 spiro atoms. The maximum Gasteiger partial charge on any atom is 0.409 e. The summed E-state index contributed by atoms with van der Waals surface area (Å²) in [6.45, 7) is 0.0772. The lowest BCUT2D eigenvalue weighted by Gasteiger charge is -2.27. The van der Waals surface area contributed by atoms with Gasteiger partial charge in [0, 0.05) is 5.69 Å². The molecular weight excluding hydrogens is 445 g/mol. The average Bonchev–Trinajstić information content (AvgIpc) is 2.66. The van der Waals surface area contributed by atoms with Gasteiger partial charge in [0.15, 0.2) is 11.3 Å². The van der Waals surface area contributed by atoms with Crippen molar-refractivity contribution in [3.05, 3.63) is 60.2 Å². The van der Waals surface area contributed by atoms with E-state index in [-0.39, 0.29) is 11.7 Å². The van der Waals surface area contributed by atoms with E-state index in [4.69, 9.17) is 56.5 Å². The zero-order chi connectivity index (χ0) is 20.6. The Kier molecular flexibility index (Phi) is 8.44. The number of anilines is 1. The molecule has 0 aromatic heterocycles. The van der Waals surface area contributed by atoms with Crippen LogP contribution in [0.25, 0.3) is 0 Å². The third kappa shape index (κ3) is 7.59. The molecular formula is C18H18Cl3N3O3S. The summed E-state index contributed by atoms with van der Waals surface area (Å²) < 4.78 is 8.35. The van der Waals surface area contributed by atoms with Gasteiger partial charge in [-0.25, -0.2) is 4.79 Å². The first-order valence-electron chi connectivity index (χ1n) is 8.03. The molecule has 0 radical (unpaired) electrons. The van der Waals surface area contributed by atoms with E-state index < -0.39 is 16.1 Å². The third-order valence-electron chi connectivity index (χ3n) is 3.43. The van der Waals surface area contributed by atoms with Crippen LogP contribution in [-0.2, 0) is 11.3 Å². The zero-order valence-corrected chi connectivity index (χ0v) is 17.8. The van der Waals surface area contributed by atoms with Gasteiger partial charge in [0.1, 0.15) is 12.4 Å². The van der Waals surface area contributed by atoms with E-state index >= 15 is 0 Å². The molecule has 2 aromatic carbocycles. The standard InChI is InChI=1S/C18H18Cl3N3O3S/c1-26-14-9-7-13(8-10-14)22-16(28)23-15(18(19,20)21)24-17(25)27-11-12-5-3-2-4-6-12/h2-10,15H,11H2,1H3,(H,24,25)(H2,22,23,28)/t15-/m0/s1. The van der Waals surface area contributed by atoms with Crippen LogP contribution < -0.4 is 20.7 Å². The molecule has 10 heteroatoms. The predicted octanol–water partition coefficient (Wildman–Crippen LogP) is 4.60. The van der Waals surface area contributed by atoms with Crippen molar-refractivity contribution in [1.82, 2.24) is 10.6 Å². The second kappa shape index (κ2) is 10.6. The van der Waals surface area contributed by atoms with Crippen LogP contribution >= 0.6 is 47.0 Å². The summed E-state index contributed by atoms with van der Waals surface area (Å²) >= 11 is 23.0. The van der Waals surface area contributed by atoms with Crippen molar-refractivity contribution < 1.29 is 14.3 Å². The highest BCUT2D eigenvalue weighted by Gasteiger charge is 2.35. The monoisotopic (exact) mass is 461 g/mol. The quantitative estimate of drug-likeness (QED) is 0.331. The van der Waals surface area contributed by atoms with Crippen molar-refractivity contribution in [3.8, 4) is 5.75 Å². The van der Waals surface area contributed by atoms with E-state index in [0.717, 1.165) is 5.56 Å². The van der Waals surface area contributed by atoms with Crippen molar-refractivity contribution in [1.29, 1.82) is 0 Å². The van der Waals surface area contributed by atoms with Crippen molar-refractivity contribution >= 4 is 63.9 Å². The summed E-state index contributed by atoms with van der Waals surface area (Å²) in [5.41, 5.74) is 1.51. The number of alkyl halides is 3. The van der Waals surface area contributed by atoms with Crippen molar-refractivity contribution in [2.45, 2.75) is 16.6 Å². The number of rotatable bonds is 6. The number of alkyl carbamates (subject to hydrolysis) is 1. The van der Waals surface area contributed by atoms with Crippen LogP contribution in [-0.4, -0.2) is 28.3 Å².